The van der Waals surface area contributed by atoms with Gasteiger partial charge < -0.3 is 19.9 Å². The van der Waals surface area contributed by atoms with E-state index in [1.165, 1.54) is 0 Å². The molecule has 1 saturated carbocycles. The Bertz CT molecular complexity index is 587. The average molecular weight is 335 g/mol. The molecule has 2 atom stereocenters. The van der Waals surface area contributed by atoms with E-state index in [-0.39, 0.29) is 5.91 Å². The van der Waals surface area contributed by atoms with Gasteiger partial charge >= 0.3 is 5.97 Å². The summed E-state index contributed by atoms with van der Waals surface area (Å²) >= 11 is 0. The van der Waals surface area contributed by atoms with Gasteiger partial charge in [-0.05, 0) is 38.8 Å². The molecule has 132 valence electrons. The monoisotopic (exact) mass is 335 g/mol. The number of ether oxygens (including phenoxy) is 2. The van der Waals surface area contributed by atoms with E-state index in [1.54, 1.807) is 18.2 Å². The van der Waals surface area contributed by atoms with Gasteiger partial charge in [0.1, 0.15) is 0 Å². The van der Waals surface area contributed by atoms with Crippen LogP contribution in [0.3, 0.4) is 0 Å². The van der Waals surface area contributed by atoms with Crippen molar-refractivity contribution in [2.24, 2.45) is 11.8 Å². The number of aliphatic carboxylic acids is 1. The molecule has 2 N–H and O–H groups in total. The fourth-order valence-electron chi connectivity index (χ4n) is 3.10. The zero-order chi connectivity index (χ0) is 17.5. The van der Waals surface area contributed by atoms with Crippen LogP contribution in [0, 0.1) is 11.8 Å². The minimum absolute atomic E-state index is 0.242. The van der Waals surface area contributed by atoms with E-state index in [4.69, 9.17) is 9.47 Å². The largest absolute Gasteiger partial charge is 0.490 e. The number of hydrogen-bond donors (Lipinski definition) is 2. The summed E-state index contributed by atoms with van der Waals surface area (Å²) in [5, 5.41) is 12.1. The van der Waals surface area contributed by atoms with Crippen LogP contribution in [0.5, 0.6) is 11.5 Å². The summed E-state index contributed by atoms with van der Waals surface area (Å²) in [6, 6.07) is 5.20. The molecule has 0 radical (unpaired) electrons. The molecular formula is C18H25NO5. The number of amides is 1. The molecule has 6 heteroatoms. The van der Waals surface area contributed by atoms with E-state index in [9.17, 15) is 14.7 Å². The van der Waals surface area contributed by atoms with Crippen LogP contribution in [0.4, 0.5) is 5.69 Å². The molecule has 2 unspecified atom stereocenters. The molecular weight excluding hydrogens is 310 g/mol. The Balaban J connectivity index is 2.12. The van der Waals surface area contributed by atoms with Crippen LogP contribution in [-0.2, 0) is 9.59 Å². The lowest BCUT2D eigenvalue weighted by Gasteiger charge is -2.27. The summed E-state index contributed by atoms with van der Waals surface area (Å²) in [6.45, 7) is 4.77. The molecule has 0 spiro atoms. The third-order valence-corrected chi connectivity index (χ3v) is 4.23. The SMILES string of the molecule is CCOc1ccc(NC(=O)C2CCCCC2C(=O)O)cc1OCC. The van der Waals surface area contributed by atoms with Gasteiger partial charge in [0.05, 0.1) is 25.0 Å². The van der Waals surface area contributed by atoms with Gasteiger partial charge in [-0.2, -0.15) is 0 Å². The third-order valence-electron chi connectivity index (χ3n) is 4.23. The van der Waals surface area contributed by atoms with E-state index in [0.717, 1.165) is 12.8 Å². The van der Waals surface area contributed by atoms with Gasteiger partial charge in [-0.15, -0.1) is 0 Å². The maximum absolute atomic E-state index is 12.5. The number of benzene rings is 1. The molecule has 24 heavy (non-hydrogen) atoms. The highest BCUT2D eigenvalue weighted by molar-refractivity contribution is 5.95. The fourth-order valence-corrected chi connectivity index (χ4v) is 3.10. The fraction of sp³-hybridized carbons (Fsp3) is 0.556. The van der Waals surface area contributed by atoms with Gasteiger partial charge in [-0.1, -0.05) is 12.8 Å². The van der Waals surface area contributed by atoms with Crippen molar-refractivity contribution in [1.82, 2.24) is 0 Å². The second-order valence-electron chi connectivity index (χ2n) is 5.85. The highest BCUT2D eigenvalue weighted by Crippen LogP contribution is 2.33. The van der Waals surface area contributed by atoms with Gasteiger partial charge in [0.15, 0.2) is 11.5 Å². The van der Waals surface area contributed by atoms with Crippen LogP contribution in [0.1, 0.15) is 39.5 Å². The Morgan fingerprint density at radius 3 is 2.33 bits per heavy atom. The lowest BCUT2D eigenvalue weighted by atomic mass is 9.78. The van der Waals surface area contributed by atoms with E-state index in [0.29, 0.717) is 43.2 Å². The van der Waals surface area contributed by atoms with Gasteiger partial charge in [-0.25, -0.2) is 0 Å². The highest BCUT2D eigenvalue weighted by Gasteiger charge is 2.35. The molecule has 0 saturated heterocycles. The zero-order valence-corrected chi connectivity index (χ0v) is 14.2. The molecule has 1 aliphatic rings. The lowest BCUT2D eigenvalue weighted by Crippen LogP contribution is -2.36. The summed E-state index contributed by atoms with van der Waals surface area (Å²) < 4.78 is 11.0. The number of hydrogen-bond acceptors (Lipinski definition) is 4. The Morgan fingerprint density at radius 2 is 1.71 bits per heavy atom. The number of carbonyl (C=O) groups is 2. The van der Waals surface area contributed by atoms with Crippen molar-refractivity contribution in [2.45, 2.75) is 39.5 Å². The second kappa shape index (κ2) is 8.57. The van der Waals surface area contributed by atoms with Gasteiger partial charge in [-0.3, -0.25) is 9.59 Å². The molecule has 1 aromatic carbocycles. The van der Waals surface area contributed by atoms with Gasteiger partial charge in [0.25, 0.3) is 0 Å². The molecule has 0 aromatic heterocycles. The minimum atomic E-state index is -0.892. The number of nitrogens with one attached hydrogen (secondary N) is 1. The number of anilines is 1. The zero-order valence-electron chi connectivity index (χ0n) is 14.2. The van der Waals surface area contributed by atoms with Crippen molar-refractivity contribution < 1.29 is 24.2 Å². The summed E-state index contributed by atoms with van der Waals surface area (Å²) in [5.41, 5.74) is 0.585. The second-order valence-corrected chi connectivity index (χ2v) is 5.85. The predicted molar refractivity (Wildman–Crippen MR) is 90.5 cm³/mol. The Kier molecular flexibility index (Phi) is 6.46. The van der Waals surface area contributed by atoms with Crippen LogP contribution >= 0.6 is 0 Å². The standard InChI is InChI=1S/C18H25NO5/c1-3-23-15-10-9-12(11-16(15)24-4-2)19-17(20)13-7-5-6-8-14(13)18(21)22/h9-11,13-14H,3-8H2,1-2H3,(H,19,20)(H,21,22). The Hall–Kier alpha value is -2.24. The number of rotatable bonds is 7. The third kappa shape index (κ3) is 4.40. The summed E-state index contributed by atoms with van der Waals surface area (Å²) in [6.07, 6.45) is 2.91. The number of carboxylic acids is 1. The van der Waals surface area contributed by atoms with E-state index >= 15 is 0 Å². The van der Waals surface area contributed by atoms with E-state index < -0.39 is 17.8 Å². The van der Waals surface area contributed by atoms with Crippen molar-refractivity contribution in [3.8, 4) is 11.5 Å². The highest BCUT2D eigenvalue weighted by atomic mass is 16.5. The molecule has 2 rings (SSSR count). The summed E-state index contributed by atoms with van der Waals surface area (Å²) in [7, 11) is 0. The van der Waals surface area contributed by atoms with Gasteiger partial charge in [0, 0.05) is 11.8 Å². The van der Waals surface area contributed by atoms with Crippen LogP contribution in [0.2, 0.25) is 0 Å². The summed E-state index contributed by atoms with van der Waals surface area (Å²) in [5.74, 6) is -1.04. The predicted octanol–water partition coefficient (Wildman–Crippen LogP) is 3.31. The van der Waals surface area contributed by atoms with Crippen LogP contribution in [0.15, 0.2) is 18.2 Å². The first kappa shape index (κ1) is 18.1. The molecule has 0 aliphatic heterocycles. The van der Waals surface area contributed by atoms with Crippen molar-refractivity contribution in [3.63, 3.8) is 0 Å². The molecule has 1 aromatic rings. The first-order valence-corrected chi connectivity index (χ1v) is 8.50. The molecule has 6 nitrogen and oxygen atoms in total. The van der Waals surface area contributed by atoms with Gasteiger partial charge in [0.2, 0.25) is 5.91 Å². The van der Waals surface area contributed by atoms with E-state index in [1.807, 2.05) is 13.8 Å². The van der Waals surface area contributed by atoms with E-state index in [2.05, 4.69) is 5.32 Å². The number of carboxylic acid groups (broad SMARTS) is 1. The van der Waals surface area contributed by atoms with Crippen molar-refractivity contribution in [2.75, 3.05) is 18.5 Å². The van der Waals surface area contributed by atoms with Crippen molar-refractivity contribution >= 4 is 17.6 Å². The Labute approximate surface area is 142 Å². The molecule has 0 heterocycles. The Morgan fingerprint density at radius 1 is 1.08 bits per heavy atom. The smallest absolute Gasteiger partial charge is 0.307 e. The van der Waals surface area contributed by atoms with Crippen molar-refractivity contribution in [1.29, 1.82) is 0 Å². The van der Waals surface area contributed by atoms with Crippen molar-refractivity contribution in [3.05, 3.63) is 18.2 Å². The molecule has 1 fully saturated rings. The quantitative estimate of drug-likeness (QED) is 0.798. The van der Waals surface area contributed by atoms with Crippen LogP contribution in [0.25, 0.3) is 0 Å². The molecule has 1 aliphatic carbocycles. The average Bonchev–Trinajstić information content (AvgIpc) is 2.57. The first-order chi connectivity index (χ1) is 11.6. The normalized spacial score (nSPS) is 20.2. The maximum atomic E-state index is 12.5. The first-order valence-electron chi connectivity index (χ1n) is 8.50. The lowest BCUT2D eigenvalue weighted by molar-refractivity contribution is -0.147. The van der Waals surface area contributed by atoms with Crippen LogP contribution in [-0.4, -0.2) is 30.2 Å². The van der Waals surface area contributed by atoms with Crippen LogP contribution < -0.4 is 14.8 Å². The number of carbonyl (C=O) groups excluding carboxylic acids is 1. The minimum Gasteiger partial charge on any atom is -0.490 e. The summed E-state index contributed by atoms with van der Waals surface area (Å²) in [4.78, 5) is 23.9. The molecule has 1 amide bonds. The topological polar surface area (TPSA) is 84.9 Å². The maximum Gasteiger partial charge on any atom is 0.307 e. The molecule has 0 bridgehead atoms.